The van der Waals surface area contributed by atoms with Gasteiger partial charge in [0.25, 0.3) is 0 Å². The van der Waals surface area contributed by atoms with Crippen LogP contribution >= 0.6 is 23.4 Å². The number of nitrogens with zero attached hydrogens (tertiary/aromatic N) is 2. The van der Waals surface area contributed by atoms with E-state index in [4.69, 9.17) is 11.6 Å². The van der Waals surface area contributed by atoms with Crippen molar-refractivity contribution in [2.45, 2.75) is 37.8 Å². The number of thioether (sulfide) groups is 1. The van der Waals surface area contributed by atoms with Crippen molar-refractivity contribution in [1.29, 1.82) is 0 Å². The summed E-state index contributed by atoms with van der Waals surface area (Å²) in [5.74, 6) is 0. The van der Waals surface area contributed by atoms with Crippen LogP contribution in [0.4, 0.5) is 0 Å². The number of aromatic nitrogens is 2. The Bertz CT molecular complexity index is 595. The predicted octanol–water partition coefficient (Wildman–Crippen LogP) is 4.54. The van der Waals surface area contributed by atoms with Crippen LogP contribution in [0.25, 0.3) is 0 Å². The summed E-state index contributed by atoms with van der Waals surface area (Å²) in [5.41, 5.74) is 2.28. The summed E-state index contributed by atoms with van der Waals surface area (Å²) in [6.07, 6.45) is 3.84. The number of hydrogen-bond donors (Lipinski definition) is 1. The lowest BCUT2D eigenvalue weighted by molar-refractivity contribution is 0.474. The molecule has 1 aromatic carbocycles. The van der Waals surface area contributed by atoms with Gasteiger partial charge in [0.2, 0.25) is 0 Å². The summed E-state index contributed by atoms with van der Waals surface area (Å²) in [7, 11) is 0. The van der Waals surface area contributed by atoms with E-state index in [-0.39, 0.29) is 12.1 Å². The van der Waals surface area contributed by atoms with Crippen molar-refractivity contribution in [3.05, 3.63) is 46.7 Å². The largest absolute Gasteiger partial charge is 0.305 e. The molecule has 0 saturated heterocycles. The molecule has 1 heterocycles. The molecule has 1 aromatic heterocycles. The predicted molar refractivity (Wildman–Crippen MR) is 91.4 cm³/mol. The van der Waals surface area contributed by atoms with E-state index in [1.165, 1.54) is 10.5 Å². The standard InChI is InChI=1S/C16H22ClN3S/c1-5-18-15(12-8-6-7-9-14(12)21-4)16-13(17)10-19-20(16)11(2)3/h6-11,15,18H,5H2,1-4H3. The highest BCUT2D eigenvalue weighted by Crippen LogP contribution is 2.34. The normalized spacial score (nSPS) is 12.9. The Labute approximate surface area is 136 Å². The van der Waals surface area contributed by atoms with Gasteiger partial charge in [0.15, 0.2) is 0 Å². The first-order valence-electron chi connectivity index (χ1n) is 7.19. The van der Waals surface area contributed by atoms with Crippen molar-refractivity contribution in [1.82, 2.24) is 15.1 Å². The number of nitrogens with one attached hydrogen (secondary N) is 1. The first kappa shape index (κ1) is 16.4. The van der Waals surface area contributed by atoms with Crippen molar-refractivity contribution in [3.63, 3.8) is 0 Å². The monoisotopic (exact) mass is 323 g/mol. The van der Waals surface area contributed by atoms with Crippen molar-refractivity contribution >= 4 is 23.4 Å². The molecule has 0 amide bonds. The molecule has 0 fully saturated rings. The third-order valence-corrected chi connectivity index (χ3v) is 4.51. The molecule has 0 aliphatic carbocycles. The van der Waals surface area contributed by atoms with E-state index in [0.29, 0.717) is 5.02 Å². The maximum atomic E-state index is 6.43. The van der Waals surface area contributed by atoms with Gasteiger partial charge in [-0.25, -0.2) is 0 Å². The minimum atomic E-state index is 0.0519. The second-order valence-electron chi connectivity index (χ2n) is 5.15. The van der Waals surface area contributed by atoms with E-state index in [1.54, 1.807) is 18.0 Å². The highest BCUT2D eigenvalue weighted by atomic mass is 35.5. The van der Waals surface area contributed by atoms with Crippen LogP contribution in [0, 0.1) is 0 Å². The SMILES string of the molecule is CCNC(c1ccccc1SC)c1c(Cl)cnn1C(C)C. The Morgan fingerprint density at radius 2 is 2.05 bits per heavy atom. The van der Waals surface area contributed by atoms with Crippen LogP contribution in [0.15, 0.2) is 35.4 Å². The van der Waals surface area contributed by atoms with Gasteiger partial charge in [-0.3, -0.25) is 4.68 Å². The molecule has 1 atom stereocenters. The number of rotatable bonds is 6. The van der Waals surface area contributed by atoms with Crippen LogP contribution in [-0.4, -0.2) is 22.6 Å². The van der Waals surface area contributed by atoms with Crippen LogP contribution < -0.4 is 5.32 Å². The summed E-state index contributed by atoms with van der Waals surface area (Å²) >= 11 is 8.19. The van der Waals surface area contributed by atoms with E-state index in [0.717, 1.165) is 12.2 Å². The molecular formula is C16H22ClN3S. The lowest BCUT2D eigenvalue weighted by atomic mass is 10.0. The van der Waals surface area contributed by atoms with Gasteiger partial charge in [0.05, 0.1) is 23.0 Å². The molecule has 3 nitrogen and oxygen atoms in total. The van der Waals surface area contributed by atoms with Crippen LogP contribution in [0.1, 0.15) is 44.1 Å². The molecule has 1 N–H and O–H groups in total. The minimum Gasteiger partial charge on any atom is -0.305 e. The number of halogens is 1. The molecular weight excluding hydrogens is 302 g/mol. The van der Waals surface area contributed by atoms with E-state index in [2.05, 4.69) is 61.7 Å². The van der Waals surface area contributed by atoms with Gasteiger partial charge in [0.1, 0.15) is 0 Å². The minimum absolute atomic E-state index is 0.0519. The molecule has 2 rings (SSSR count). The Morgan fingerprint density at radius 3 is 2.67 bits per heavy atom. The molecule has 0 spiro atoms. The lowest BCUT2D eigenvalue weighted by Crippen LogP contribution is -2.26. The van der Waals surface area contributed by atoms with E-state index in [9.17, 15) is 0 Å². The Morgan fingerprint density at radius 1 is 1.33 bits per heavy atom. The number of hydrogen-bond acceptors (Lipinski definition) is 3. The topological polar surface area (TPSA) is 29.9 Å². The molecule has 5 heteroatoms. The van der Waals surface area contributed by atoms with Gasteiger partial charge in [-0.15, -0.1) is 11.8 Å². The summed E-state index contributed by atoms with van der Waals surface area (Å²) in [4.78, 5) is 1.26. The van der Waals surface area contributed by atoms with Gasteiger partial charge in [-0.2, -0.15) is 5.10 Å². The highest BCUT2D eigenvalue weighted by Gasteiger charge is 2.24. The van der Waals surface area contributed by atoms with E-state index in [1.807, 2.05) is 4.68 Å². The zero-order valence-electron chi connectivity index (χ0n) is 12.9. The highest BCUT2D eigenvalue weighted by molar-refractivity contribution is 7.98. The molecule has 0 radical (unpaired) electrons. The summed E-state index contributed by atoms with van der Waals surface area (Å²) < 4.78 is 2.01. The van der Waals surface area contributed by atoms with Gasteiger partial charge < -0.3 is 5.32 Å². The Kier molecular flexibility index (Phi) is 5.73. The first-order chi connectivity index (χ1) is 10.1. The number of benzene rings is 1. The van der Waals surface area contributed by atoms with Gasteiger partial charge in [0, 0.05) is 10.9 Å². The van der Waals surface area contributed by atoms with Crippen molar-refractivity contribution in [2.24, 2.45) is 0 Å². The van der Waals surface area contributed by atoms with Crippen LogP contribution in [0.2, 0.25) is 5.02 Å². The zero-order chi connectivity index (χ0) is 15.4. The van der Waals surface area contributed by atoms with Crippen LogP contribution in [0.3, 0.4) is 0 Å². The Hall–Kier alpha value is -0.970. The third-order valence-electron chi connectivity index (χ3n) is 3.41. The maximum Gasteiger partial charge on any atom is 0.0837 e. The molecule has 0 bridgehead atoms. The smallest absolute Gasteiger partial charge is 0.0837 e. The fraction of sp³-hybridized carbons (Fsp3) is 0.438. The quantitative estimate of drug-likeness (QED) is 0.792. The fourth-order valence-corrected chi connectivity index (χ4v) is 3.37. The fourth-order valence-electron chi connectivity index (χ4n) is 2.50. The molecule has 1 unspecified atom stereocenters. The average molecular weight is 324 g/mol. The van der Waals surface area contributed by atoms with Crippen LogP contribution in [-0.2, 0) is 0 Å². The summed E-state index contributed by atoms with van der Waals surface area (Å²) in [5, 5.41) is 8.70. The van der Waals surface area contributed by atoms with Crippen molar-refractivity contribution in [3.8, 4) is 0 Å². The third kappa shape index (κ3) is 3.44. The van der Waals surface area contributed by atoms with E-state index >= 15 is 0 Å². The molecule has 114 valence electrons. The van der Waals surface area contributed by atoms with Crippen LogP contribution in [0.5, 0.6) is 0 Å². The summed E-state index contributed by atoms with van der Waals surface area (Å²) in [6, 6.07) is 8.77. The van der Waals surface area contributed by atoms with Crippen molar-refractivity contribution in [2.75, 3.05) is 12.8 Å². The average Bonchev–Trinajstić information content (AvgIpc) is 2.86. The molecule has 0 saturated carbocycles. The molecule has 2 aromatic rings. The summed E-state index contributed by atoms with van der Waals surface area (Å²) in [6.45, 7) is 7.22. The second-order valence-corrected chi connectivity index (χ2v) is 6.40. The Balaban J connectivity index is 2.56. The molecule has 21 heavy (non-hydrogen) atoms. The first-order valence-corrected chi connectivity index (χ1v) is 8.79. The molecule has 0 aliphatic heterocycles. The van der Waals surface area contributed by atoms with E-state index < -0.39 is 0 Å². The lowest BCUT2D eigenvalue weighted by Gasteiger charge is -2.24. The van der Waals surface area contributed by atoms with Crippen molar-refractivity contribution < 1.29 is 0 Å². The van der Waals surface area contributed by atoms with Gasteiger partial charge in [-0.05, 0) is 38.3 Å². The molecule has 0 aliphatic rings. The van der Waals surface area contributed by atoms with Gasteiger partial charge in [-0.1, -0.05) is 36.7 Å². The van der Waals surface area contributed by atoms with Gasteiger partial charge >= 0.3 is 0 Å². The zero-order valence-corrected chi connectivity index (χ0v) is 14.5. The maximum absolute atomic E-state index is 6.43. The second kappa shape index (κ2) is 7.34.